The summed E-state index contributed by atoms with van der Waals surface area (Å²) in [7, 11) is 0. The Hall–Kier alpha value is -1.88. The van der Waals surface area contributed by atoms with E-state index in [1.54, 1.807) is 29.5 Å². The first kappa shape index (κ1) is 12.6. The lowest BCUT2D eigenvalue weighted by molar-refractivity contribution is 0.0697. The number of hydrogen-bond acceptors (Lipinski definition) is 4. The van der Waals surface area contributed by atoms with Gasteiger partial charge in [0, 0.05) is 11.9 Å². The van der Waals surface area contributed by atoms with E-state index in [2.05, 4.69) is 10.3 Å². The highest BCUT2D eigenvalue weighted by Crippen LogP contribution is 2.14. The van der Waals surface area contributed by atoms with Crippen molar-refractivity contribution in [3.8, 4) is 0 Å². The Morgan fingerprint density at radius 3 is 3.00 bits per heavy atom. The highest BCUT2D eigenvalue weighted by molar-refractivity contribution is 7.13. The van der Waals surface area contributed by atoms with Gasteiger partial charge in [0.1, 0.15) is 0 Å². The number of nitrogens with zero attached hydrogens (tertiary/aromatic N) is 1. The Balaban J connectivity index is 1.90. The summed E-state index contributed by atoms with van der Waals surface area (Å²) in [6, 6.07) is 7.01. The molecule has 0 atom stereocenters. The Kier molecular flexibility index (Phi) is 3.94. The quantitative estimate of drug-likeness (QED) is 0.869. The maximum atomic E-state index is 10.8. The Morgan fingerprint density at radius 2 is 2.33 bits per heavy atom. The predicted octanol–water partition coefficient (Wildman–Crippen LogP) is 2.80. The molecule has 2 N–H and O–H groups in total. The van der Waals surface area contributed by atoms with E-state index in [-0.39, 0.29) is 0 Å². The standard InChI is InChI=1S/C13H14N2O2S/c1-9-8-18-13(15-9)14-6-5-10-3-2-4-11(7-10)12(16)17/h2-4,7-8H,5-6H2,1H3,(H,14,15)(H,16,17). The lowest BCUT2D eigenvalue weighted by Gasteiger charge is -2.04. The van der Waals surface area contributed by atoms with Gasteiger partial charge >= 0.3 is 5.97 Å². The number of rotatable bonds is 5. The van der Waals surface area contributed by atoms with E-state index in [4.69, 9.17) is 5.11 Å². The molecule has 18 heavy (non-hydrogen) atoms. The molecule has 0 aliphatic rings. The van der Waals surface area contributed by atoms with Crippen molar-refractivity contribution in [2.24, 2.45) is 0 Å². The number of benzene rings is 1. The summed E-state index contributed by atoms with van der Waals surface area (Å²) >= 11 is 1.58. The topological polar surface area (TPSA) is 62.2 Å². The van der Waals surface area contributed by atoms with Gasteiger partial charge in [0.05, 0.1) is 11.3 Å². The van der Waals surface area contributed by atoms with Gasteiger partial charge in [0.25, 0.3) is 0 Å². The second-order valence-corrected chi connectivity index (χ2v) is 4.83. The summed E-state index contributed by atoms with van der Waals surface area (Å²) in [4.78, 5) is 15.1. The molecule has 0 saturated heterocycles. The van der Waals surface area contributed by atoms with Crippen LogP contribution in [0, 0.1) is 6.92 Å². The molecule has 94 valence electrons. The summed E-state index contributed by atoms with van der Waals surface area (Å²) in [6.07, 6.45) is 0.778. The molecule has 2 rings (SSSR count). The van der Waals surface area contributed by atoms with Gasteiger partial charge in [-0.25, -0.2) is 9.78 Å². The molecule has 1 heterocycles. The van der Waals surface area contributed by atoms with Gasteiger partial charge in [0.15, 0.2) is 5.13 Å². The number of carbonyl (C=O) groups is 1. The zero-order valence-corrected chi connectivity index (χ0v) is 10.8. The van der Waals surface area contributed by atoms with E-state index in [1.807, 2.05) is 18.4 Å². The van der Waals surface area contributed by atoms with Crippen molar-refractivity contribution in [1.82, 2.24) is 4.98 Å². The number of aromatic carboxylic acids is 1. The minimum atomic E-state index is -0.889. The molecule has 1 aromatic carbocycles. The van der Waals surface area contributed by atoms with Gasteiger partial charge in [-0.3, -0.25) is 0 Å². The van der Waals surface area contributed by atoms with Crippen molar-refractivity contribution in [2.45, 2.75) is 13.3 Å². The van der Waals surface area contributed by atoms with E-state index in [0.29, 0.717) is 5.56 Å². The van der Waals surface area contributed by atoms with Crippen LogP contribution in [0.1, 0.15) is 21.6 Å². The average molecular weight is 262 g/mol. The fourth-order valence-electron chi connectivity index (χ4n) is 1.61. The molecule has 0 fully saturated rings. The maximum absolute atomic E-state index is 10.8. The zero-order chi connectivity index (χ0) is 13.0. The number of carboxylic acid groups (broad SMARTS) is 1. The predicted molar refractivity (Wildman–Crippen MR) is 72.4 cm³/mol. The minimum Gasteiger partial charge on any atom is -0.478 e. The second kappa shape index (κ2) is 5.64. The number of nitrogens with one attached hydrogen (secondary N) is 1. The van der Waals surface area contributed by atoms with E-state index in [0.717, 1.165) is 29.4 Å². The van der Waals surface area contributed by atoms with Gasteiger partial charge in [-0.1, -0.05) is 12.1 Å². The molecular formula is C13H14N2O2S. The van der Waals surface area contributed by atoms with E-state index < -0.39 is 5.97 Å². The molecule has 0 aliphatic carbocycles. The van der Waals surface area contributed by atoms with Crippen LogP contribution in [-0.2, 0) is 6.42 Å². The fourth-order valence-corrected chi connectivity index (χ4v) is 2.33. The van der Waals surface area contributed by atoms with Gasteiger partial charge in [0.2, 0.25) is 0 Å². The van der Waals surface area contributed by atoms with Crippen LogP contribution in [0.25, 0.3) is 0 Å². The third kappa shape index (κ3) is 3.30. The van der Waals surface area contributed by atoms with E-state index in [1.165, 1.54) is 0 Å². The molecule has 0 amide bonds. The largest absolute Gasteiger partial charge is 0.478 e. The van der Waals surface area contributed by atoms with Crippen LogP contribution in [0.5, 0.6) is 0 Å². The first-order valence-corrected chi connectivity index (χ1v) is 6.51. The first-order valence-electron chi connectivity index (χ1n) is 5.63. The highest BCUT2D eigenvalue weighted by atomic mass is 32.1. The smallest absolute Gasteiger partial charge is 0.335 e. The molecule has 0 unspecified atom stereocenters. The average Bonchev–Trinajstić information content (AvgIpc) is 2.75. The number of aryl methyl sites for hydroxylation is 1. The molecule has 0 spiro atoms. The third-order valence-corrected chi connectivity index (χ3v) is 3.40. The van der Waals surface area contributed by atoms with Gasteiger partial charge in [-0.2, -0.15) is 0 Å². The van der Waals surface area contributed by atoms with Gasteiger partial charge < -0.3 is 10.4 Å². The zero-order valence-electron chi connectivity index (χ0n) is 10.0. The molecule has 4 nitrogen and oxygen atoms in total. The summed E-state index contributed by atoms with van der Waals surface area (Å²) in [5, 5.41) is 15.0. The van der Waals surface area contributed by atoms with Crippen molar-refractivity contribution in [3.63, 3.8) is 0 Å². The van der Waals surface area contributed by atoms with Gasteiger partial charge in [-0.15, -0.1) is 11.3 Å². The Morgan fingerprint density at radius 1 is 1.50 bits per heavy atom. The van der Waals surface area contributed by atoms with Gasteiger partial charge in [-0.05, 0) is 31.0 Å². The number of aromatic nitrogens is 1. The van der Waals surface area contributed by atoms with Crippen molar-refractivity contribution >= 4 is 22.4 Å². The first-order chi connectivity index (χ1) is 8.65. The summed E-state index contributed by atoms with van der Waals surface area (Å²) in [6.45, 7) is 2.70. The third-order valence-electron chi connectivity index (χ3n) is 2.48. The molecular weight excluding hydrogens is 248 g/mol. The molecule has 0 bridgehead atoms. The van der Waals surface area contributed by atoms with E-state index >= 15 is 0 Å². The van der Waals surface area contributed by atoms with Crippen LogP contribution >= 0.6 is 11.3 Å². The fraction of sp³-hybridized carbons (Fsp3) is 0.231. The SMILES string of the molecule is Cc1csc(NCCc2cccc(C(=O)O)c2)n1. The normalized spacial score (nSPS) is 10.3. The molecule has 1 aromatic heterocycles. The molecule has 0 radical (unpaired) electrons. The van der Waals surface area contributed by atoms with Crippen LogP contribution in [-0.4, -0.2) is 22.6 Å². The number of anilines is 1. The maximum Gasteiger partial charge on any atom is 0.335 e. The van der Waals surface area contributed by atoms with E-state index in [9.17, 15) is 4.79 Å². The summed E-state index contributed by atoms with van der Waals surface area (Å²) < 4.78 is 0. The van der Waals surface area contributed by atoms with Crippen LogP contribution in [0.4, 0.5) is 5.13 Å². The number of carboxylic acids is 1. The van der Waals surface area contributed by atoms with Crippen molar-refractivity contribution < 1.29 is 9.90 Å². The minimum absolute atomic E-state index is 0.331. The molecule has 0 saturated carbocycles. The number of hydrogen-bond donors (Lipinski definition) is 2. The van der Waals surface area contributed by atoms with Crippen molar-refractivity contribution in [2.75, 3.05) is 11.9 Å². The van der Waals surface area contributed by atoms with Crippen LogP contribution in [0.3, 0.4) is 0 Å². The molecule has 0 aliphatic heterocycles. The number of thiazole rings is 1. The van der Waals surface area contributed by atoms with Crippen LogP contribution in [0.15, 0.2) is 29.6 Å². The van der Waals surface area contributed by atoms with Crippen LogP contribution in [0.2, 0.25) is 0 Å². The monoisotopic (exact) mass is 262 g/mol. The Labute approximate surface area is 109 Å². The Bertz CT molecular complexity index is 551. The molecule has 5 heteroatoms. The lowest BCUT2D eigenvalue weighted by atomic mass is 10.1. The van der Waals surface area contributed by atoms with Crippen molar-refractivity contribution in [1.29, 1.82) is 0 Å². The van der Waals surface area contributed by atoms with Crippen molar-refractivity contribution in [3.05, 3.63) is 46.5 Å². The highest BCUT2D eigenvalue weighted by Gasteiger charge is 2.03. The summed E-state index contributed by atoms with van der Waals surface area (Å²) in [5.74, 6) is -0.889. The van der Waals surface area contributed by atoms with Crippen LogP contribution < -0.4 is 5.32 Å². The second-order valence-electron chi connectivity index (χ2n) is 3.98. The summed E-state index contributed by atoms with van der Waals surface area (Å²) in [5.41, 5.74) is 2.35. The lowest BCUT2D eigenvalue weighted by Crippen LogP contribution is -2.05. The molecule has 2 aromatic rings.